The average Bonchev–Trinajstić information content (AvgIpc) is 3.17. The number of aromatic hydroxyl groups is 1. The van der Waals surface area contributed by atoms with E-state index >= 15 is 0 Å². The van der Waals surface area contributed by atoms with Crippen LogP contribution in [0.15, 0.2) is 48.7 Å². The minimum Gasteiger partial charge on any atom is -0.494 e. The number of halogens is 1. The second-order valence-electron chi connectivity index (χ2n) is 10.00. The number of likely N-dealkylation sites (tertiary alicyclic amines) is 2. The molecule has 174 valence electrons. The Labute approximate surface area is 200 Å². The smallest absolute Gasteiger partial charge is 0.253 e. The van der Waals surface area contributed by atoms with E-state index in [4.69, 9.17) is 11.6 Å². The largest absolute Gasteiger partial charge is 0.494 e. The van der Waals surface area contributed by atoms with Crippen LogP contribution in [0.25, 0.3) is 16.5 Å². The molecule has 1 N–H and O–H groups in total. The van der Waals surface area contributed by atoms with Crippen LogP contribution >= 0.6 is 11.6 Å². The van der Waals surface area contributed by atoms with Gasteiger partial charge in [-0.2, -0.15) is 0 Å². The first-order chi connectivity index (χ1) is 15.9. The molecule has 0 unspecified atom stereocenters. The van der Waals surface area contributed by atoms with E-state index in [1.807, 2.05) is 47.5 Å². The van der Waals surface area contributed by atoms with Gasteiger partial charge in [0.1, 0.15) is 0 Å². The maximum Gasteiger partial charge on any atom is 0.253 e. The van der Waals surface area contributed by atoms with Crippen LogP contribution in [0.2, 0.25) is 5.02 Å². The number of aromatic nitrogens is 1. The van der Waals surface area contributed by atoms with E-state index in [0.717, 1.165) is 37.0 Å². The van der Waals surface area contributed by atoms with Gasteiger partial charge in [0.25, 0.3) is 5.91 Å². The predicted octanol–water partition coefficient (Wildman–Crippen LogP) is 5.72. The summed E-state index contributed by atoms with van der Waals surface area (Å²) in [5.74, 6) is 0.161. The molecule has 1 spiro atoms. The normalized spacial score (nSPS) is 19.0. The zero-order valence-electron chi connectivity index (χ0n) is 19.4. The molecule has 0 bridgehead atoms. The fourth-order valence-corrected chi connectivity index (χ4v) is 5.84. The number of carbonyl (C=O) groups is 1. The number of carbonyl (C=O) groups excluding carboxylic acids is 1. The molecule has 0 aliphatic carbocycles. The van der Waals surface area contributed by atoms with E-state index in [1.54, 1.807) is 10.6 Å². The number of amides is 1. The van der Waals surface area contributed by atoms with Crippen molar-refractivity contribution in [1.82, 2.24) is 14.4 Å². The Kier molecular flexibility index (Phi) is 5.87. The first-order valence-electron chi connectivity index (χ1n) is 12.0. The minimum atomic E-state index is 0.0700. The fraction of sp³-hybridized carbons (Fsp3) is 0.444. The van der Waals surface area contributed by atoms with Gasteiger partial charge in [0.05, 0.1) is 10.4 Å². The van der Waals surface area contributed by atoms with Gasteiger partial charge in [-0.15, -0.1) is 0 Å². The predicted molar refractivity (Wildman–Crippen MR) is 133 cm³/mol. The fourth-order valence-electron chi connectivity index (χ4n) is 5.57. The Morgan fingerprint density at radius 1 is 1.00 bits per heavy atom. The minimum absolute atomic E-state index is 0.0700. The van der Waals surface area contributed by atoms with E-state index in [1.165, 1.54) is 25.9 Å². The van der Waals surface area contributed by atoms with Crippen molar-refractivity contribution in [3.05, 3.63) is 59.2 Å². The molecule has 0 atom stereocenters. The lowest BCUT2D eigenvalue weighted by Gasteiger charge is -2.47. The molecule has 0 saturated carbocycles. The van der Waals surface area contributed by atoms with Crippen LogP contribution < -0.4 is 0 Å². The van der Waals surface area contributed by atoms with E-state index in [0.29, 0.717) is 27.4 Å². The molecule has 5 nitrogen and oxygen atoms in total. The van der Waals surface area contributed by atoms with E-state index in [9.17, 15) is 9.90 Å². The number of piperidine rings is 2. The summed E-state index contributed by atoms with van der Waals surface area (Å²) in [4.78, 5) is 17.9. The molecule has 2 aliphatic heterocycles. The standard InChI is InChI=1S/C27H32ClN3O2/c1-19(2)29-13-9-27(10-14-29)11-15-30(16-12-27)25(32)20-5-3-7-22(17-20)31-18-21-6-4-8-23(28)24(21)26(31)33/h3-8,17-19,33H,9-16H2,1-2H3. The summed E-state index contributed by atoms with van der Waals surface area (Å²) in [6, 6.07) is 13.7. The first kappa shape index (κ1) is 22.3. The molecule has 33 heavy (non-hydrogen) atoms. The van der Waals surface area contributed by atoms with Crippen molar-refractivity contribution in [2.45, 2.75) is 45.6 Å². The molecule has 1 amide bonds. The lowest BCUT2D eigenvalue weighted by molar-refractivity contribution is 0.0233. The van der Waals surface area contributed by atoms with Crippen molar-refractivity contribution in [1.29, 1.82) is 0 Å². The summed E-state index contributed by atoms with van der Waals surface area (Å²) >= 11 is 6.29. The maximum absolute atomic E-state index is 13.3. The first-order valence-corrected chi connectivity index (χ1v) is 12.4. The molecule has 0 radical (unpaired) electrons. The van der Waals surface area contributed by atoms with Crippen LogP contribution in [0, 0.1) is 5.41 Å². The Hall–Kier alpha value is -2.50. The lowest BCUT2D eigenvalue weighted by atomic mass is 9.71. The summed E-state index contributed by atoms with van der Waals surface area (Å²) in [6.45, 7) is 8.53. The van der Waals surface area contributed by atoms with Gasteiger partial charge in [-0.25, -0.2) is 0 Å². The molecule has 2 aromatic carbocycles. The quantitative estimate of drug-likeness (QED) is 0.538. The molecule has 1 aromatic heterocycles. The summed E-state index contributed by atoms with van der Waals surface area (Å²) in [6.07, 6.45) is 6.52. The van der Waals surface area contributed by atoms with Gasteiger partial charge in [-0.1, -0.05) is 29.8 Å². The van der Waals surface area contributed by atoms with Gasteiger partial charge >= 0.3 is 0 Å². The molecular formula is C27H32ClN3O2. The molecule has 2 saturated heterocycles. The molecule has 3 aromatic rings. The van der Waals surface area contributed by atoms with Crippen LogP contribution in [0.5, 0.6) is 5.88 Å². The van der Waals surface area contributed by atoms with Crippen LogP contribution in [-0.4, -0.2) is 57.6 Å². The van der Waals surface area contributed by atoms with Gasteiger partial charge in [0.2, 0.25) is 5.88 Å². The van der Waals surface area contributed by atoms with Gasteiger partial charge in [0.15, 0.2) is 0 Å². The highest BCUT2D eigenvalue weighted by Crippen LogP contribution is 2.42. The number of fused-ring (bicyclic) bond motifs is 1. The van der Waals surface area contributed by atoms with Crippen LogP contribution in [0.1, 0.15) is 49.9 Å². The maximum atomic E-state index is 13.3. The Morgan fingerprint density at radius 3 is 2.33 bits per heavy atom. The topological polar surface area (TPSA) is 48.7 Å². The summed E-state index contributed by atoms with van der Waals surface area (Å²) in [5.41, 5.74) is 1.81. The van der Waals surface area contributed by atoms with Crippen molar-refractivity contribution < 1.29 is 9.90 Å². The van der Waals surface area contributed by atoms with Crippen molar-refractivity contribution in [3.8, 4) is 11.6 Å². The highest BCUT2D eigenvalue weighted by molar-refractivity contribution is 6.36. The second kappa shape index (κ2) is 8.69. The van der Waals surface area contributed by atoms with Crippen molar-refractivity contribution in [3.63, 3.8) is 0 Å². The average molecular weight is 466 g/mol. The Balaban J connectivity index is 1.31. The number of hydrogen-bond acceptors (Lipinski definition) is 3. The third kappa shape index (κ3) is 4.13. The second-order valence-corrected chi connectivity index (χ2v) is 10.4. The summed E-state index contributed by atoms with van der Waals surface area (Å²) in [7, 11) is 0. The summed E-state index contributed by atoms with van der Waals surface area (Å²) in [5, 5.41) is 12.8. The lowest BCUT2D eigenvalue weighted by Crippen LogP contribution is -2.49. The van der Waals surface area contributed by atoms with Crippen molar-refractivity contribution in [2.24, 2.45) is 5.41 Å². The number of nitrogens with zero attached hydrogens (tertiary/aromatic N) is 3. The van der Waals surface area contributed by atoms with E-state index < -0.39 is 0 Å². The van der Waals surface area contributed by atoms with Crippen LogP contribution in [0.3, 0.4) is 0 Å². The molecule has 3 heterocycles. The third-order valence-electron chi connectivity index (χ3n) is 7.84. The van der Waals surface area contributed by atoms with Gasteiger partial charge < -0.3 is 14.9 Å². The van der Waals surface area contributed by atoms with Gasteiger partial charge in [0, 0.05) is 42.0 Å². The molecular weight excluding hydrogens is 434 g/mol. The summed E-state index contributed by atoms with van der Waals surface area (Å²) < 4.78 is 1.70. The van der Waals surface area contributed by atoms with Crippen molar-refractivity contribution in [2.75, 3.05) is 26.2 Å². The monoisotopic (exact) mass is 465 g/mol. The third-order valence-corrected chi connectivity index (χ3v) is 8.15. The van der Waals surface area contributed by atoms with Crippen LogP contribution in [-0.2, 0) is 0 Å². The molecule has 2 aliphatic rings. The SMILES string of the molecule is CC(C)N1CCC2(CCN(C(=O)c3cccc(-n4cc5cccc(Cl)c5c4O)c3)CC2)CC1. The Bertz CT molecular complexity index is 1170. The van der Waals surface area contributed by atoms with Crippen molar-refractivity contribution >= 4 is 28.3 Å². The van der Waals surface area contributed by atoms with Gasteiger partial charge in [-0.3, -0.25) is 9.36 Å². The highest BCUT2D eigenvalue weighted by Gasteiger charge is 2.39. The van der Waals surface area contributed by atoms with E-state index in [-0.39, 0.29) is 11.8 Å². The molecule has 6 heteroatoms. The zero-order valence-corrected chi connectivity index (χ0v) is 20.2. The highest BCUT2D eigenvalue weighted by atomic mass is 35.5. The zero-order chi connectivity index (χ0) is 23.2. The van der Waals surface area contributed by atoms with Crippen LogP contribution in [0.4, 0.5) is 0 Å². The number of hydrogen-bond donors (Lipinski definition) is 1. The molecule has 5 rings (SSSR count). The van der Waals surface area contributed by atoms with Gasteiger partial charge in [-0.05, 0) is 82.3 Å². The number of benzene rings is 2. The Morgan fingerprint density at radius 2 is 1.67 bits per heavy atom. The van der Waals surface area contributed by atoms with E-state index in [2.05, 4.69) is 18.7 Å². The number of rotatable bonds is 3. The molecule has 2 fully saturated rings.